The molecule has 2 heterocycles. The van der Waals surface area contributed by atoms with Crippen LogP contribution in [0.2, 0.25) is 0 Å². The minimum absolute atomic E-state index is 0.0483. The molecule has 2 aromatic carbocycles. The summed E-state index contributed by atoms with van der Waals surface area (Å²) in [4.78, 5) is 31.8. The van der Waals surface area contributed by atoms with Crippen molar-refractivity contribution in [2.75, 3.05) is 44.2 Å². The Balaban J connectivity index is 1.27. The first kappa shape index (κ1) is 19.3. The molecular weight excluding hydrogens is 390 g/mol. The van der Waals surface area contributed by atoms with Crippen molar-refractivity contribution >= 4 is 38.3 Å². The summed E-state index contributed by atoms with van der Waals surface area (Å²) in [5.74, 6) is -0.0483. The van der Waals surface area contributed by atoms with Crippen molar-refractivity contribution in [3.05, 3.63) is 64.2 Å². The smallest absolute Gasteiger partial charge is 0.270 e. The van der Waals surface area contributed by atoms with Crippen LogP contribution in [0.25, 0.3) is 10.2 Å². The van der Waals surface area contributed by atoms with Gasteiger partial charge in [-0.1, -0.05) is 29.5 Å². The summed E-state index contributed by atoms with van der Waals surface area (Å²) in [7, 11) is 0. The first-order valence-corrected chi connectivity index (χ1v) is 10.3. The van der Waals surface area contributed by atoms with Crippen molar-refractivity contribution < 1.29 is 9.72 Å². The molecule has 0 aliphatic carbocycles. The third-order valence-corrected chi connectivity index (χ3v) is 6.04. The number of non-ortho nitro benzene ring substituents is 1. The molecule has 0 bridgehead atoms. The number of carbonyl (C=O) groups is 1. The lowest BCUT2D eigenvalue weighted by atomic mass is 10.2. The second kappa shape index (κ2) is 8.54. The average Bonchev–Trinajstić information content (AvgIpc) is 3.18. The van der Waals surface area contributed by atoms with Gasteiger partial charge in [-0.3, -0.25) is 19.8 Å². The zero-order chi connectivity index (χ0) is 20.2. The number of hydrogen-bond acceptors (Lipinski definition) is 7. The van der Waals surface area contributed by atoms with Crippen molar-refractivity contribution in [1.82, 2.24) is 15.2 Å². The van der Waals surface area contributed by atoms with Gasteiger partial charge in [0.15, 0.2) is 5.13 Å². The van der Waals surface area contributed by atoms with Crippen molar-refractivity contribution in [3.63, 3.8) is 0 Å². The van der Waals surface area contributed by atoms with E-state index in [9.17, 15) is 14.9 Å². The van der Waals surface area contributed by atoms with E-state index >= 15 is 0 Å². The Labute approximate surface area is 171 Å². The van der Waals surface area contributed by atoms with Gasteiger partial charge in [-0.15, -0.1) is 0 Å². The van der Waals surface area contributed by atoms with Crippen LogP contribution in [0.4, 0.5) is 10.8 Å². The van der Waals surface area contributed by atoms with Crippen LogP contribution in [-0.4, -0.2) is 60.0 Å². The number of nitrogens with one attached hydrogen (secondary N) is 1. The highest BCUT2D eigenvalue weighted by Crippen LogP contribution is 2.31. The van der Waals surface area contributed by atoms with E-state index in [4.69, 9.17) is 0 Å². The second-order valence-electron chi connectivity index (χ2n) is 6.86. The monoisotopic (exact) mass is 411 g/mol. The van der Waals surface area contributed by atoms with Gasteiger partial charge < -0.3 is 10.2 Å². The number of carbonyl (C=O) groups excluding carboxylic acids is 1. The first-order chi connectivity index (χ1) is 14.1. The van der Waals surface area contributed by atoms with Crippen LogP contribution in [0.15, 0.2) is 48.5 Å². The highest BCUT2D eigenvalue weighted by Gasteiger charge is 2.20. The third-order valence-electron chi connectivity index (χ3n) is 4.96. The van der Waals surface area contributed by atoms with E-state index in [0.717, 1.165) is 48.1 Å². The number of nitrogens with zero attached hydrogens (tertiary/aromatic N) is 4. The molecule has 0 atom stereocenters. The molecular formula is C20H21N5O3S. The Kier molecular flexibility index (Phi) is 5.68. The second-order valence-corrected chi connectivity index (χ2v) is 7.87. The Morgan fingerprint density at radius 1 is 1.14 bits per heavy atom. The van der Waals surface area contributed by atoms with Gasteiger partial charge >= 0.3 is 0 Å². The van der Waals surface area contributed by atoms with Gasteiger partial charge in [0, 0.05) is 57.0 Å². The van der Waals surface area contributed by atoms with Gasteiger partial charge in [-0.25, -0.2) is 4.98 Å². The van der Waals surface area contributed by atoms with Crippen molar-refractivity contribution in [1.29, 1.82) is 0 Å². The number of amides is 1. The number of fused-ring (bicyclic) bond motifs is 1. The van der Waals surface area contributed by atoms with Crippen LogP contribution in [0.1, 0.15) is 10.4 Å². The molecule has 1 N–H and O–H groups in total. The normalized spacial score (nSPS) is 14.8. The number of aromatic nitrogens is 1. The standard InChI is InChI=1S/C20H21N5O3S/c26-19(15-4-2-1-3-5-15)21-8-9-23-10-12-24(13-11-23)20-22-17-7-6-16(25(27)28)14-18(17)29-20/h1-7,14H,8-13H2,(H,21,26). The molecule has 0 saturated carbocycles. The summed E-state index contributed by atoms with van der Waals surface area (Å²) in [5, 5.41) is 14.8. The zero-order valence-electron chi connectivity index (χ0n) is 15.8. The lowest BCUT2D eigenvalue weighted by Gasteiger charge is -2.34. The Morgan fingerprint density at radius 3 is 2.62 bits per heavy atom. The van der Waals surface area contributed by atoms with Crippen LogP contribution < -0.4 is 10.2 Å². The minimum atomic E-state index is -0.381. The van der Waals surface area contributed by atoms with Gasteiger partial charge in [0.25, 0.3) is 11.6 Å². The molecule has 0 spiro atoms. The maximum atomic E-state index is 12.1. The maximum Gasteiger partial charge on any atom is 0.270 e. The summed E-state index contributed by atoms with van der Waals surface area (Å²) >= 11 is 1.49. The SMILES string of the molecule is O=C(NCCN1CCN(c2nc3ccc([N+](=O)[O-])cc3s2)CC1)c1ccccc1. The Hall–Kier alpha value is -3.04. The van der Waals surface area contributed by atoms with E-state index in [2.05, 4.69) is 20.1 Å². The molecule has 9 heteroatoms. The molecule has 8 nitrogen and oxygen atoms in total. The lowest BCUT2D eigenvalue weighted by molar-refractivity contribution is -0.384. The Morgan fingerprint density at radius 2 is 1.90 bits per heavy atom. The lowest BCUT2D eigenvalue weighted by Crippen LogP contribution is -2.48. The maximum absolute atomic E-state index is 12.1. The van der Waals surface area contributed by atoms with E-state index in [-0.39, 0.29) is 16.5 Å². The molecule has 3 aromatic rings. The fourth-order valence-corrected chi connectivity index (χ4v) is 4.38. The van der Waals surface area contributed by atoms with E-state index in [1.165, 1.54) is 17.4 Å². The van der Waals surface area contributed by atoms with Crippen molar-refractivity contribution in [2.45, 2.75) is 0 Å². The number of rotatable bonds is 6. The summed E-state index contributed by atoms with van der Waals surface area (Å²) < 4.78 is 0.834. The molecule has 1 aromatic heterocycles. The molecule has 4 rings (SSSR count). The highest BCUT2D eigenvalue weighted by atomic mass is 32.1. The van der Waals surface area contributed by atoms with Crippen LogP contribution >= 0.6 is 11.3 Å². The zero-order valence-corrected chi connectivity index (χ0v) is 16.6. The van der Waals surface area contributed by atoms with Gasteiger partial charge in [-0.2, -0.15) is 0 Å². The fourth-order valence-electron chi connectivity index (χ4n) is 3.33. The quantitative estimate of drug-likeness (QED) is 0.495. The number of thiazole rings is 1. The molecule has 150 valence electrons. The van der Waals surface area contributed by atoms with E-state index in [0.29, 0.717) is 12.1 Å². The largest absolute Gasteiger partial charge is 0.351 e. The minimum Gasteiger partial charge on any atom is -0.351 e. The van der Waals surface area contributed by atoms with Gasteiger partial charge in [0.2, 0.25) is 0 Å². The van der Waals surface area contributed by atoms with Crippen LogP contribution in [0.3, 0.4) is 0 Å². The van der Waals surface area contributed by atoms with Gasteiger partial charge in [0.1, 0.15) is 0 Å². The summed E-state index contributed by atoms with van der Waals surface area (Å²) in [5.41, 5.74) is 1.56. The van der Waals surface area contributed by atoms with Crippen LogP contribution in [0, 0.1) is 10.1 Å². The van der Waals surface area contributed by atoms with Crippen molar-refractivity contribution in [3.8, 4) is 0 Å². The number of hydrogen-bond donors (Lipinski definition) is 1. The topological polar surface area (TPSA) is 91.6 Å². The summed E-state index contributed by atoms with van der Waals surface area (Å²) in [6.07, 6.45) is 0. The van der Waals surface area contributed by atoms with Gasteiger partial charge in [0.05, 0.1) is 15.1 Å². The molecule has 1 amide bonds. The number of benzene rings is 2. The summed E-state index contributed by atoms with van der Waals surface area (Å²) in [6, 6.07) is 14.0. The predicted molar refractivity (Wildman–Crippen MR) is 114 cm³/mol. The van der Waals surface area contributed by atoms with E-state index in [1.807, 2.05) is 18.2 Å². The van der Waals surface area contributed by atoms with Gasteiger partial charge in [-0.05, 0) is 18.2 Å². The molecule has 1 aliphatic heterocycles. The number of anilines is 1. The third kappa shape index (κ3) is 4.52. The van der Waals surface area contributed by atoms with Crippen LogP contribution in [-0.2, 0) is 0 Å². The molecule has 29 heavy (non-hydrogen) atoms. The van der Waals surface area contributed by atoms with E-state index in [1.54, 1.807) is 24.3 Å². The molecule has 1 fully saturated rings. The average molecular weight is 411 g/mol. The number of piperazine rings is 1. The van der Waals surface area contributed by atoms with Crippen LogP contribution in [0.5, 0.6) is 0 Å². The number of nitro groups is 1. The molecule has 0 radical (unpaired) electrons. The molecule has 0 unspecified atom stereocenters. The Bertz CT molecular complexity index is 1020. The fraction of sp³-hybridized carbons (Fsp3) is 0.300. The predicted octanol–water partition coefficient (Wildman–Crippen LogP) is 2.76. The molecule has 1 aliphatic rings. The highest BCUT2D eigenvalue weighted by molar-refractivity contribution is 7.22. The number of nitro benzene ring substituents is 1. The van der Waals surface area contributed by atoms with Crippen molar-refractivity contribution in [2.24, 2.45) is 0 Å². The summed E-state index contributed by atoms with van der Waals surface area (Å²) in [6.45, 7) is 4.87. The van der Waals surface area contributed by atoms with E-state index < -0.39 is 0 Å². The molecule has 1 saturated heterocycles. The first-order valence-electron chi connectivity index (χ1n) is 9.46.